The molecule has 1 aliphatic heterocycles. The first kappa shape index (κ1) is 14.9. The summed E-state index contributed by atoms with van der Waals surface area (Å²) in [6, 6.07) is 0. The highest BCUT2D eigenvalue weighted by Crippen LogP contribution is 2.26. The zero-order valence-electron chi connectivity index (χ0n) is 11.1. The lowest BCUT2D eigenvalue weighted by molar-refractivity contribution is 0.226. The van der Waals surface area contributed by atoms with Crippen molar-refractivity contribution >= 4 is 10.0 Å². The number of nitrogens with two attached hydrogens (primary N) is 1. The molecule has 0 saturated carbocycles. The maximum Gasteiger partial charge on any atom is 0.214 e. The number of rotatable bonds is 6. The smallest absolute Gasteiger partial charge is 0.214 e. The van der Waals surface area contributed by atoms with E-state index in [9.17, 15) is 8.42 Å². The van der Waals surface area contributed by atoms with E-state index in [1.54, 1.807) is 4.31 Å². The molecule has 0 aliphatic carbocycles. The van der Waals surface area contributed by atoms with Gasteiger partial charge in [-0.05, 0) is 44.1 Å². The molecule has 2 N–H and O–H groups in total. The molecular formula is C12H26N2O2S. The first-order chi connectivity index (χ1) is 7.97. The molecule has 0 aromatic rings. The van der Waals surface area contributed by atoms with Gasteiger partial charge in [0.15, 0.2) is 0 Å². The summed E-state index contributed by atoms with van der Waals surface area (Å²) in [6.07, 6.45) is 3.49. The Morgan fingerprint density at radius 2 is 1.82 bits per heavy atom. The van der Waals surface area contributed by atoms with Gasteiger partial charge in [-0.3, -0.25) is 0 Å². The molecule has 1 saturated heterocycles. The summed E-state index contributed by atoms with van der Waals surface area (Å²) in [5.41, 5.74) is 5.38. The third-order valence-electron chi connectivity index (χ3n) is 3.69. The molecule has 0 aromatic carbocycles. The number of unbranched alkanes of at least 4 members (excludes halogenated alkanes) is 1. The fraction of sp³-hybridized carbons (Fsp3) is 1.00. The van der Waals surface area contributed by atoms with E-state index in [1.165, 1.54) is 0 Å². The van der Waals surface area contributed by atoms with Gasteiger partial charge in [-0.2, -0.15) is 0 Å². The topological polar surface area (TPSA) is 63.4 Å². The van der Waals surface area contributed by atoms with Crippen LogP contribution in [0, 0.1) is 11.8 Å². The Kier molecular flexibility index (Phi) is 5.89. The molecule has 102 valence electrons. The number of piperidine rings is 1. The lowest BCUT2D eigenvalue weighted by atomic mass is 9.87. The molecule has 0 amide bonds. The number of hydrogen-bond acceptors (Lipinski definition) is 3. The Hall–Kier alpha value is -0.130. The zero-order chi connectivity index (χ0) is 12.9. The average Bonchev–Trinajstić information content (AvgIpc) is 2.29. The second-order valence-corrected chi connectivity index (χ2v) is 7.38. The summed E-state index contributed by atoms with van der Waals surface area (Å²) in [7, 11) is -3.03. The van der Waals surface area contributed by atoms with Crippen molar-refractivity contribution < 1.29 is 8.42 Å². The second kappa shape index (κ2) is 6.71. The minimum atomic E-state index is -3.03. The Balaban J connectivity index is 2.41. The van der Waals surface area contributed by atoms with E-state index in [1.807, 2.05) is 0 Å². The molecule has 1 heterocycles. The van der Waals surface area contributed by atoms with Gasteiger partial charge in [-0.15, -0.1) is 0 Å². The number of nitrogens with zero attached hydrogens (tertiary/aromatic N) is 1. The van der Waals surface area contributed by atoms with E-state index in [2.05, 4.69) is 13.8 Å². The summed E-state index contributed by atoms with van der Waals surface area (Å²) in [4.78, 5) is 0. The van der Waals surface area contributed by atoms with Crippen molar-refractivity contribution in [1.29, 1.82) is 0 Å². The van der Waals surface area contributed by atoms with Gasteiger partial charge in [0, 0.05) is 13.1 Å². The van der Waals surface area contributed by atoms with Crippen molar-refractivity contribution in [3.8, 4) is 0 Å². The SMILES string of the molecule is CC(C)C1CCN(S(=O)(=O)CCCCN)CC1. The number of sulfonamides is 1. The Morgan fingerprint density at radius 3 is 2.29 bits per heavy atom. The second-order valence-electron chi connectivity index (χ2n) is 5.29. The van der Waals surface area contributed by atoms with Crippen LogP contribution in [-0.4, -0.2) is 38.1 Å². The van der Waals surface area contributed by atoms with Crippen LogP contribution in [0.2, 0.25) is 0 Å². The van der Waals surface area contributed by atoms with E-state index < -0.39 is 10.0 Å². The van der Waals surface area contributed by atoms with Crippen molar-refractivity contribution in [3.05, 3.63) is 0 Å². The lowest BCUT2D eigenvalue weighted by Gasteiger charge is -2.33. The maximum absolute atomic E-state index is 12.0. The van der Waals surface area contributed by atoms with Crippen LogP contribution in [0.4, 0.5) is 0 Å². The van der Waals surface area contributed by atoms with Crippen LogP contribution >= 0.6 is 0 Å². The Bertz CT molecular complexity index is 306. The van der Waals surface area contributed by atoms with Gasteiger partial charge in [0.05, 0.1) is 5.75 Å². The molecule has 4 nitrogen and oxygen atoms in total. The minimum Gasteiger partial charge on any atom is -0.330 e. The largest absolute Gasteiger partial charge is 0.330 e. The van der Waals surface area contributed by atoms with Crippen LogP contribution in [0.25, 0.3) is 0 Å². The standard InChI is InChI=1S/C12H26N2O2S/c1-11(2)12-5-8-14(9-6-12)17(15,16)10-4-3-7-13/h11-12H,3-10,13H2,1-2H3. The molecule has 5 heteroatoms. The minimum absolute atomic E-state index is 0.260. The van der Waals surface area contributed by atoms with Crippen LogP contribution in [0.1, 0.15) is 39.5 Å². The summed E-state index contributed by atoms with van der Waals surface area (Å²) < 4.78 is 25.7. The van der Waals surface area contributed by atoms with E-state index in [4.69, 9.17) is 5.73 Å². The normalized spacial score (nSPS) is 20.0. The highest BCUT2D eigenvalue weighted by Gasteiger charge is 2.28. The summed E-state index contributed by atoms with van der Waals surface area (Å²) in [6.45, 7) is 6.42. The summed E-state index contributed by atoms with van der Waals surface area (Å²) in [5, 5.41) is 0. The van der Waals surface area contributed by atoms with Gasteiger partial charge in [-0.25, -0.2) is 12.7 Å². The predicted molar refractivity (Wildman–Crippen MR) is 71.2 cm³/mol. The molecule has 0 bridgehead atoms. The van der Waals surface area contributed by atoms with E-state index >= 15 is 0 Å². The first-order valence-corrected chi connectivity index (χ1v) is 8.26. The molecule has 0 aromatic heterocycles. The average molecular weight is 262 g/mol. The van der Waals surface area contributed by atoms with Gasteiger partial charge in [0.25, 0.3) is 0 Å². The molecule has 0 unspecified atom stereocenters. The molecule has 17 heavy (non-hydrogen) atoms. The van der Waals surface area contributed by atoms with Crippen LogP contribution in [-0.2, 0) is 10.0 Å². The highest BCUT2D eigenvalue weighted by molar-refractivity contribution is 7.89. The molecule has 1 fully saturated rings. The number of hydrogen-bond donors (Lipinski definition) is 1. The predicted octanol–water partition coefficient (Wildman–Crippen LogP) is 1.42. The highest BCUT2D eigenvalue weighted by atomic mass is 32.2. The lowest BCUT2D eigenvalue weighted by Crippen LogP contribution is -2.40. The van der Waals surface area contributed by atoms with Crippen molar-refractivity contribution in [2.75, 3.05) is 25.4 Å². The van der Waals surface area contributed by atoms with Gasteiger partial charge in [0.2, 0.25) is 10.0 Å². The van der Waals surface area contributed by atoms with Crippen LogP contribution in [0.5, 0.6) is 0 Å². The van der Waals surface area contributed by atoms with E-state index in [0.717, 1.165) is 19.3 Å². The zero-order valence-corrected chi connectivity index (χ0v) is 11.9. The van der Waals surface area contributed by atoms with Gasteiger partial charge >= 0.3 is 0 Å². The monoisotopic (exact) mass is 262 g/mol. The van der Waals surface area contributed by atoms with Crippen LogP contribution < -0.4 is 5.73 Å². The van der Waals surface area contributed by atoms with Gasteiger partial charge < -0.3 is 5.73 Å². The van der Waals surface area contributed by atoms with E-state index in [0.29, 0.717) is 37.9 Å². The molecular weight excluding hydrogens is 236 g/mol. The first-order valence-electron chi connectivity index (χ1n) is 6.65. The van der Waals surface area contributed by atoms with E-state index in [-0.39, 0.29) is 5.75 Å². The molecule has 0 spiro atoms. The van der Waals surface area contributed by atoms with Crippen molar-refractivity contribution in [1.82, 2.24) is 4.31 Å². The molecule has 1 rings (SSSR count). The third kappa shape index (κ3) is 4.56. The summed E-state index contributed by atoms with van der Waals surface area (Å²) >= 11 is 0. The quantitative estimate of drug-likeness (QED) is 0.736. The Morgan fingerprint density at radius 1 is 1.24 bits per heavy atom. The fourth-order valence-electron chi connectivity index (χ4n) is 2.38. The third-order valence-corrected chi connectivity index (χ3v) is 5.65. The summed E-state index contributed by atoms with van der Waals surface area (Å²) in [5.74, 6) is 1.61. The van der Waals surface area contributed by atoms with Gasteiger partial charge in [-0.1, -0.05) is 13.8 Å². The van der Waals surface area contributed by atoms with Crippen molar-refractivity contribution in [2.45, 2.75) is 39.5 Å². The molecule has 0 atom stereocenters. The molecule has 1 aliphatic rings. The van der Waals surface area contributed by atoms with Crippen LogP contribution in [0.15, 0.2) is 0 Å². The van der Waals surface area contributed by atoms with Crippen LogP contribution in [0.3, 0.4) is 0 Å². The molecule has 0 radical (unpaired) electrons. The van der Waals surface area contributed by atoms with Crippen molar-refractivity contribution in [3.63, 3.8) is 0 Å². The van der Waals surface area contributed by atoms with Crippen molar-refractivity contribution in [2.24, 2.45) is 17.6 Å². The Labute approximate surface area is 106 Å². The van der Waals surface area contributed by atoms with Gasteiger partial charge in [0.1, 0.15) is 0 Å². The maximum atomic E-state index is 12.0. The fourth-order valence-corrected chi connectivity index (χ4v) is 3.97.